The summed E-state index contributed by atoms with van der Waals surface area (Å²) in [7, 11) is 0. The highest BCUT2D eigenvalue weighted by molar-refractivity contribution is 5.56. The normalized spacial score (nSPS) is 10.9. The Labute approximate surface area is 101 Å². The lowest BCUT2D eigenvalue weighted by atomic mass is 10.1. The maximum absolute atomic E-state index is 12.5. The lowest BCUT2D eigenvalue weighted by molar-refractivity contribution is 0.151. The fourth-order valence-electron chi connectivity index (χ4n) is 1.48. The second kappa shape index (κ2) is 4.56. The quantitative estimate of drug-likeness (QED) is 0.862. The standard InChI is InChI=1S/C12H10F2N2O2/c1-6-11(17)15-10(16-12(6)18)8-4-2-3-7(5-8)9(13)14/h2-5,9H,1H3,(H2,15,16,17,18). The van der Waals surface area contributed by atoms with E-state index < -0.39 is 17.9 Å². The molecule has 0 spiro atoms. The number of aromatic nitrogens is 2. The van der Waals surface area contributed by atoms with Crippen molar-refractivity contribution in [2.24, 2.45) is 0 Å². The zero-order chi connectivity index (χ0) is 13.3. The second-order valence-electron chi connectivity index (χ2n) is 3.79. The zero-order valence-electron chi connectivity index (χ0n) is 9.45. The predicted octanol–water partition coefficient (Wildman–Crippen LogP) is 2.39. The Hall–Kier alpha value is -2.24. The highest BCUT2D eigenvalue weighted by atomic mass is 19.3. The molecule has 0 amide bonds. The summed E-state index contributed by atoms with van der Waals surface area (Å²) in [6, 6.07) is 5.46. The van der Waals surface area contributed by atoms with Gasteiger partial charge in [0.15, 0.2) is 0 Å². The molecular weight excluding hydrogens is 242 g/mol. The van der Waals surface area contributed by atoms with E-state index in [-0.39, 0.29) is 17.0 Å². The van der Waals surface area contributed by atoms with Crippen molar-refractivity contribution < 1.29 is 13.9 Å². The van der Waals surface area contributed by atoms with E-state index in [1.165, 1.54) is 31.2 Å². The van der Waals surface area contributed by atoms with Crippen LogP contribution in [0.4, 0.5) is 8.78 Å². The van der Waals surface area contributed by atoms with Crippen LogP contribution in [0.2, 0.25) is 0 Å². The fourth-order valence-corrected chi connectivity index (χ4v) is 1.48. The van der Waals surface area contributed by atoms with E-state index >= 15 is 0 Å². The first-order valence-corrected chi connectivity index (χ1v) is 5.17. The number of benzene rings is 1. The molecule has 1 aromatic heterocycles. The minimum atomic E-state index is -2.60. The van der Waals surface area contributed by atoms with Crippen molar-refractivity contribution in [1.29, 1.82) is 0 Å². The third-order valence-electron chi connectivity index (χ3n) is 2.54. The van der Waals surface area contributed by atoms with Gasteiger partial charge in [-0.05, 0) is 13.0 Å². The van der Waals surface area contributed by atoms with Gasteiger partial charge in [0.25, 0.3) is 12.0 Å². The van der Waals surface area contributed by atoms with Gasteiger partial charge in [-0.25, -0.2) is 8.78 Å². The van der Waals surface area contributed by atoms with Gasteiger partial charge in [0.05, 0.1) is 5.56 Å². The Balaban J connectivity index is 2.55. The number of halogens is 2. The van der Waals surface area contributed by atoms with Gasteiger partial charge < -0.3 is 10.1 Å². The highest BCUT2D eigenvalue weighted by Gasteiger charge is 2.11. The van der Waals surface area contributed by atoms with Gasteiger partial charge in [-0.1, -0.05) is 18.2 Å². The van der Waals surface area contributed by atoms with Crippen molar-refractivity contribution in [2.75, 3.05) is 0 Å². The van der Waals surface area contributed by atoms with Gasteiger partial charge in [-0.15, -0.1) is 0 Å². The molecule has 2 N–H and O–H groups in total. The average molecular weight is 252 g/mol. The van der Waals surface area contributed by atoms with Crippen LogP contribution in [0.25, 0.3) is 11.4 Å². The Morgan fingerprint density at radius 3 is 2.72 bits per heavy atom. The Morgan fingerprint density at radius 1 is 1.39 bits per heavy atom. The molecule has 0 aliphatic carbocycles. The van der Waals surface area contributed by atoms with Crippen LogP contribution in [0.5, 0.6) is 5.88 Å². The summed E-state index contributed by atoms with van der Waals surface area (Å²) in [5, 5.41) is 9.44. The largest absolute Gasteiger partial charge is 0.493 e. The first kappa shape index (κ1) is 12.2. The van der Waals surface area contributed by atoms with Crippen molar-refractivity contribution in [3.05, 3.63) is 45.7 Å². The molecule has 4 nitrogen and oxygen atoms in total. The summed E-state index contributed by atoms with van der Waals surface area (Å²) < 4.78 is 25.1. The molecule has 18 heavy (non-hydrogen) atoms. The van der Waals surface area contributed by atoms with E-state index in [0.29, 0.717) is 5.56 Å². The Kier molecular flexibility index (Phi) is 3.10. The van der Waals surface area contributed by atoms with Crippen LogP contribution >= 0.6 is 0 Å². The van der Waals surface area contributed by atoms with Crippen molar-refractivity contribution in [3.8, 4) is 17.3 Å². The van der Waals surface area contributed by atoms with Gasteiger partial charge in [-0.3, -0.25) is 4.79 Å². The van der Waals surface area contributed by atoms with Crippen LogP contribution in [0.1, 0.15) is 17.6 Å². The van der Waals surface area contributed by atoms with Crippen LogP contribution < -0.4 is 5.56 Å². The first-order valence-electron chi connectivity index (χ1n) is 5.17. The monoisotopic (exact) mass is 252 g/mol. The van der Waals surface area contributed by atoms with Crippen molar-refractivity contribution >= 4 is 0 Å². The van der Waals surface area contributed by atoms with Crippen molar-refractivity contribution in [1.82, 2.24) is 9.97 Å². The van der Waals surface area contributed by atoms with Crippen LogP contribution in [0.3, 0.4) is 0 Å². The molecule has 0 aliphatic heterocycles. The number of nitrogens with one attached hydrogen (secondary N) is 1. The number of aromatic amines is 1. The molecular formula is C12H10F2N2O2. The molecule has 2 aromatic rings. The third-order valence-corrected chi connectivity index (χ3v) is 2.54. The SMILES string of the molecule is Cc1c(O)nc(-c2cccc(C(F)F)c2)[nH]c1=O. The van der Waals surface area contributed by atoms with Gasteiger partial charge in [0.1, 0.15) is 5.82 Å². The highest BCUT2D eigenvalue weighted by Crippen LogP contribution is 2.24. The smallest absolute Gasteiger partial charge is 0.263 e. The maximum atomic E-state index is 12.5. The number of hydrogen-bond donors (Lipinski definition) is 2. The summed E-state index contributed by atoms with van der Waals surface area (Å²) in [6.45, 7) is 1.42. The fraction of sp³-hybridized carbons (Fsp3) is 0.167. The molecule has 0 atom stereocenters. The van der Waals surface area contributed by atoms with Gasteiger partial charge in [0.2, 0.25) is 5.88 Å². The zero-order valence-corrected chi connectivity index (χ0v) is 9.45. The lowest BCUT2D eigenvalue weighted by Gasteiger charge is -2.05. The topological polar surface area (TPSA) is 66.0 Å². The van der Waals surface area contributed by atoms with E-state index in [2.05, 4.69) is 9.97 Å². The predicted molar refractivity (Wildman–Crippen MR) is 61.7 cm³/mol. The number of aromatic hydroxyl groups is 1. The average Bonchev–Trinajstić information content (AvgIpc) is 2.35. The van der Waals surface area contributed by atoms with E-state index in [0.717, 1.165) is 0 Å². The van der Waals surface area contributed by atoms with Crippen molar-refractivity contribution in [2.45, 2.75) is 13.3 Å². The second-order valence-corrected chi connectivity index (χ2v) is 3.79. The first-order chi connectivity index (χ1) is 8.49. The van der Waals surface area contributed by atoms with E-state index in [1.54, 1.807) is 0 Å². The van der Waals surface area contributed by atoms with Gasteiger partial charge in [0, 0.05) is 11.1 Å². The minimum Gasteiger partial charge on any atom is -0.493 e. The number of rotatable bonds is 2. The van der Waals surface area contributed by atoms with E-state index in [1.807, 2.05) is 0 Å². The van der Waals surface area contributed by atoms with E-state index in [4.69, 9.17) is 0 Å². The lowest BCUT2D eigenvalue weighted by Crippen LogP contribution is -2.12. The summed E-state index contributed by atoms with van der Waals surface area (Å²) in [4.78, 5) is 17.6. The number of nitrogens with zero attached hydrogens (tertiary/aromatic N) is 1. The molecule has 0 radical (unpaired) electrons. The molecule has 2 rings (SSSR count). The molecule has 1 heterocycles. The molecule has 0 saturated carbocycles. The number of H-pyrrole nitrogens is 1. The minimum absolute atomic E-state index is 0.0607. The van der Waals surface area contributed by atoms with Gasteiger partial charge >= 0.3 is 0 Å². The molecule has 0 bridgehead atoms. The molecule has 0 saturated heterocycles. The molecule has 0 unspecified atom stereocenters. The van der Waals surface area contributed by atoms with Crippen molar-refractivity contribution in [3.63, 3.8) is 0 Å². The molecule has 6 heteroatoms. The molecule has 0 aliphatic rings. The maximum Gasteiger partial charge on any atom is 0.263 e. The van der Waals surface area contributed by atoms with Crippen LogP contribution in [0, 0.1) is 6.92 Å². The van der Waals surface area contributed by atoms with Crippen LogP contribution in [-0.2, 0) is 0 Å². The summed E-state index contributed by atoms with van der Waals surface area (Å²) in [6.07, 6.45) is -2.60. The summed E-state index contributed by atoms with van der Waals surface area (Å²) in [5.41, 5.74) is -0.265. The summed E-state index contributed by atoms with van der Waals surface area (Å²) >= 11 is 0. The molecule has 0 fully saturated rings. The van der Waals surface area contributed by atoms with Crippen LogP contribution in [0.15, 0.2) is 29.1 Å². The molecule has 94 valence electrons. The number of hydrogen-bond acceptors (Lipinski definition) is 3. The number of alkyl halides is 2. The summed E-state index contributed by atoms with van der Waals surface area (Å²) in [5.74, 6) is -0.346. The van der Waals surface area contributed by atoms with E-state index in [9.17, 15) is 18.7 Å². The van der Waals surface area contributed by atoms with Crippen LogP contribution in [-0.4, -0.2) is 15.1 Å². The Bertz CT molecular complexity index is 638. The third kappa shape index (κ3) is 2.22. The Morgan fingerprint density at radius 2 is 2.11 bits per heavy atom. The van der Waals surface area contributed by atoms with Gasteiger partial charge in [-0.2, -0.15) is 4.98 Å². The molecule has 1 aromatic carbocycles.